The third kappa shape index (κ3) is 3.43. The Morgan fingerprint density at radius 1 is 1.25 bits per heavy atom. The largest absolute Gasteiger partial charge is 0.504 e. The highest BCUT2D eigenvalue weighted by Gasteiger charge is 2.54. The summed E-state index contributed by atoms with van der Waals surface area (Å²) in [4.78, 5) is 14.2. The molecule has 154 valence electrons. The Morgan fingerprint density at radius 2 is 1.96 bits per heavy atom. The molecule has 6 nitrogen and oxygen atoms in total. The molecule has 0 saturated carbocycles. The van der Waals surface area contributed by atoms with Gasteiger partial charge in [-0.05, 0) is 46.6 Å². The highest BCUT2D eigenvalue weighted by atomic mass is 16.6. The minimum atomic E-state index is -0.503. The van der Waals surface area contributed by atoms with Gasteiger partial charge in [0.25, 0.3) is 0 Å². The fourth-order valence-corrected chi connectivity index (χ4v) is 4.83. The zero-order valence-electron chi connectivity index (χ0n) is 17.2. The summed E-state index contributed by atoms with van der Waals surface area (Å²) >= 11 is 0. The van der Waals surface area contributed by atoms with Gasteiger partial charge in [0.1, 0.15) is 11.2 Å². The molecule has 28 heavy (non-hydrogen) atoms. The van der Waals surface area contributed by atoms with Crippen molar-refractivity contribution in [2.45, 2.75) is 76.8 Å². The molecule has 1 N–H and O–H groups in total. The average molecular weight is 389 g/mol. The molecule has 3 heterocycles. The van der Waals surface area contributed by atoms with Crippen LogP contribution in [0, 0.1) is 5.92 Å². The number of rotatable bonds is 0. The van der Waals surface area contributed by atoms with Gasteiger partial charge in [-0.1, -0.05) is 12.1 Å². The summed E-state index contributed by atoms with van der Waals surface area (Å²) in [6, 6.07) is 5.50. The van der Waals surface area contributed by atoms with Gasteiger partial charge in [-0.25, -0.2) is 4.79 Å². The molecule has 6 heteroatoms. The van der Waals surface area contributed by atoms with E-state index in [4.69, 9.17) is 14.2 Å². The maximum atomic E-state index is 12.5. The zero-order valence-corrected chi connectivity index (χ0v) is 17.2. The number of carbonyl (C=O) groups is 1. The van der Waals surface area contributed by atoms with Crippen molar-refractivity contribution < 1.29 is 24.1 Å². The van der Waals surface area contributed by atoms with Crippen molar-refractivity contribution in [1.29, 1.82) is 0 Å². The standard InChI is InChI=1S/C22H31NO5/c1-14-8-9-16-18(26-14)15-6-5-7-17(24)19(15)27-22(16)10-12-23(13-11-22)20(25)28-21(2,3)4/h5-7,14,16,18,24H,8-13H2,1-4H3/t14-,16-,18+/m1/s1. The van der Waals surface area contributed by atoms with Gasteiger partial charge in [0.05, 0.1) is 12.2 Å². The van der Waals surface area contributed by atoms with Crippen LogP contribution >= 0.6 is 0 Å². The number of hydrogen-bond acceptors (Lipinski definition) is 5. The Bertz CT molecular complexity index is 748. The van der Waals surface area contributed by atoms with Gasteiger partial charge < -0.3 is 24.2 Å². The summed E-state index contributed by atoms with van der Waals surface area (Å²) in [6.07, 6.45) is 3.27. The Kier molecular flexibility index (Phi) is 4.73. The first-order chi connectivity index (χ1) is 13.2. The number of hydrogen-bond donors (Lipinski definition) is 1. The van der Waals surface area contributed by atoms with Crippen LogP contribution in [0.1, 0.15) is 65.0 Å². The van der Waals surface area contributed by atoms with Crippen molar-refractivity contribution in [2.24, 2.45) is 5.92 Å². The fourth-order valence-electron chi connectivity index (χ4n) is 4.83. The number of para-hydroxylation sites is 1. The first kappa shape index (κ1) is 19.4. The quantitative estimate of drug-likeness (QED) is 0.712. The maximum Gasteiger partial charge on any atom is 0.410 e. The van der Waals surface area contributed by atoms with Crippen molar-refractivity contribution in [3.8, 4) is 11.5 Å². The minimum absolute atomic E-state index is 0.0762. The van der Waals surface area contributed by atoms with E-state index in [-0.39, 0.29) is 30.0 Å². The predicted molar refractivity (Wildman–Crippen MR) is 105 cm³/mol. The van der Waals surface area contributed by atoms with E-state index in [1.165, 1.54) is 0 Å². The molecule has 0 radical (unpaired) electrons. The molecule has 4 rings (SSSR count). The Hall–Kier alpha value is -1.95. The normalized spacial score (nSPS) is 28.9. The number of nitrogens with zero attached hydrogens (tertiary/aromatic N) is 1. The molecular weight excluding hydrogens is 358 g/mol. The third-order valence-electron chi connectivity index (χ3n) is 6.20. The maximum absolute atomic E-state index is 12.5. The smallest absolute Gasteiger partial charge is 0.410 e. The number of fused-ring (bicyclic) bond motifs is 4. The SMILES string of the molecule is C[C@@H]1CC[C@@H]2[C@@H](O1)c1cccc(O)c1OC21CCN(C(=O)OC(C)(C)C)CC1. The monoisotopic (exact) mass is 389 g/mol. The molecule has 1 amide bonds. The number of ether oxygens (including phenoxy) is 3. The van der Waals surface area contributed by atoms with Crippen molar-refractivity contribution in [1.82, 2.24) is 4.90 Å². The Balaban J connectivity index is 1.58. The summed E-state index contributed by atoms with van der Waals surface area (Å²) < 4.78 is 18.4. The molecular formula is C22H31NO5. The average Bonchev–Trinajstić information content (AvgIpc) is 2.62. The fraction of sp³-hybridized carbons (Fsp3) is 0.682. The summed E-state index contributed by atoms with van der Waals surface area (Å²) in [7, 11) is 0. The molecule has 1 aromatic carbocycles. The number of benzene rings is 1. The number of carbonyl (C=O) groups excluding carboxylic acids is 1. The molecule has 2 saturated heterocycles. The van der Waals surface area contributed by atoms with Gasteiger partial charge in [-0.3, -0.25) is 0 Å². The van der Waals surface area contributed by atoms with Gasteiger partial charge in [0, 0.05) is 37.4 Å². The van der Waals surface area contributed by atoms with E-state index in [2.05, 4.69) is 6.92 Å². The lowest BCUT2D eigenvalue weighted by atomic mass is 9.69. The highest BCUT2D eigenvalue weighted by molar-refractivity contribution is 5.68. The second-order valence-electron chi connectivity index (χ2n) is 9.38. The van der Waals surface area contributed by atoms with Gasteiger partial charge >= 0.3 is 6.09 Å². The van der Waals surface area contributed by atoms with Crippen LogP contribution in [0.2, 0.25) is 0 Å². The molecule has 3 aliphatic rings. The summed E-state index contributed by atoms with van der Waals surface area (Å²) in [5.41, 5.74) is 0.0167. The topological polar surface area (TPSA) is 68.2 Å². The first-order valence-electron chi connectivity index (χ1n) is 10.3. The number of likely N-dealkylation sites (tertiary alicyclic amines) is 1. The van der Waals surface area contributed by atoms with Crippen LogP contribution in [0.3, 0.4) is 0 Å². The van der Waals surface area contributed by atoms with Crippen molar-refractivity contribution >= 4 is 6.09 Å². The Labute approximate surface area is 166 Å². The summed E-state index contributed by atoms with van der Waals surface area (Å²) in [5, 5.41) is 10.4. The van der Waals surface area contributed by atoms with Crippen LogP contribution in [0.25, 0.3) is 0 Å². The van der Waals surface area contributed by atoms with Crippen LogP contribution in [0.15, 0.2) is 18.2 Å². The molecule has 1 spiro atoms. The second kappa shape index (κ2) is 6.83. The van der Waals surface area contributed by atoms with E-state index in [0.717, 1.165) is 18.4 Å². The molecule has 0 bridgehead atoms. The van der Waals surface area contributed by atoms with Crippen molar-refractivity contribution in [3.63, 3.8) is 0 Å². The van der Waals surface area contributed by atoms with E-state index < -0.39 is 11.2 Å². The van der Waals surface area contributed by atoms with Crippen molar-refractivity contribution in [3.05, 3.63) is 23.8 Å². The minimum Gasteiger partial charge on any atom is -0.504 e. The molecule has 0 unspecified atom stereocenters. The van der Waals surface area contributed by atoms with E-state index in [1.807, 2.05) is 32.9 Å². The van der Waals surface area contributed by atoms with E-state index in [9.17, 15) is 9.90 Å². The zero-order chi connectivity index (χ0) is 20.1. The number of phenols is 1. The van der Waals surface area contributed by atoms with E-state index in [0.29, 0.717) is 31.7 Å². The lowest BCUT2D eigenvalue weighted by Gasteiger charge is -2.54. The predicted octanol–water partition coefficient (Wildman–Crippen LogP) is 4.41. The van der Waals surface area contributed by atoms with Crippen LogP contribution < -0.4 is 4.74 Å². The van der Waals surface area contributed by atoms with Crippen LogP contribution in [0.4, 0.5) is 4.79 Å². The number of piperidine rings is 1. The number of aromatic hydroxyl groups is 1. The highest BCUT2D eigenvalue weighted by Crippen LogP contribution is 2.55. The first-order valence-corrected chi connectivity index (χ1v) is 10.3. The lowest BCUT2D eigenvalue weighted by Crippen LogP contribution is -2.58. The van der Waals surface area contributed by atoms with Gasteiger partial charge in [0.15, 0.2) is 11.5 Å². The van der Waals surface area contributed by atoms with Gasteiger partial charge in [-0.15, -0.1) is 0 Å². The van der Waals surface area contributed by atoms with Gasteiger partial charge in [-0.2, -0.15) is 0 Å². The molecule has 0 aromatic heterocycles. The van der Waals surface area contributed by atoms with Crippen molar-refractivity contribution in [2.75, 3.05) is 13.1 Å². The van der Waals surface area contributed by atoms with E-state index >= 15 is 0 Å². The molecule has 0 aliphatic carbocycles. The Morgan fingerprint density at radius 3 is 2.64 bits per heavy atom. The molecule has 3 atom stereocenters. The molecule has 1 aromatic rings. The van der Waals surface area contributed by atoms with Crippen LogP contribution in [-0.2, 0) is 9.47 Å². The number of amides is 1. The van der Waals surface area contributed by atoms with Gasteiger partial charge in [0.2, 0.25) is 0 Å². The van der Waals surface area contributed by atoms with Crippen LogP contribution in [0.5, 0.6) is 11.5 Å². The summed E-state index contributed by atoms with van der Waals surface area (Å²) in [5.74, 6) is 0.925. The molecule has 3 aliphatic heterocycles. The summed E-state index contributed by atoms with van der Waals surface area (Å²) in [6.45, 7) is 8.90. The number of phenolic OH excluding ortho intramolecular Hbond substituents is 1. The van der Waals surface area contributed by atoms with E-state index in [1.54, 1.807) is 11.0 Å². The second-order valence-corrected chi connectivity index (χ2v) is 9.38. The third-order valence-corrected chi connectivity index (χ3v) is 6.20. The molecule has 2 fully saturated rings. The lowest BCUT2D eigenvalue weighted by molar-refractivity contribution is -0.169. The van der Waals surface area contributed by atoms with Crippen LogP contribution in [-0.4, -0.2) is 46.5 Å².